The van der Waals surface area contributed by atoms with Gasteiger partial charge in [0.25, 0.3) is 0 Å². The number of hydrogen-bond donors (Lipinski definition) is 1. The van der Waals surface area contributed by atoms with Gasteiger partial charge < -0.3 is 9.72 Å². The Morgan fingerprint density at radius 1 is 1.47 bits per heavy atom. The molecule has 2 rings (SSSR count). The summed E-state index contributed by atoms with van der Waals surface area (Å²) in [5.41, 5.74) is 2.36. The zero-order valence-corrected chi connectivity index (χ0v) is 10.7. The van der Waals surface area contributed by atoms with Crippen molar-refractivity contribution in [1.82, 2.24) is 4.98 Å². The largest absolute Gasteiger partial charge is 0.468 e. The van der Waals surface area contributed by atoms with Gasteiger partial charge in [-0.05, 0) is 18.6 Å². The number of carbonyl (C=O) groups is 1. The summed E-state index contributed by atoms with van der Waals surface area (Å²) in [7, 11) is 1.42. The molecule has 0 bridgehead atoms. The number of aromatic amines is 1. The van der Waals surface area contributed by atoms with Crippen molar-refractivity contribution in [2.75, 3.05) is 12.9 Å². The molecule has 0 saturated carbocycles. The Kier molecular flexibility index (Phi) is 3.74. The molecule has 1 N–H and O–H groups in total. The number of nitrogens with one attached hydrogen (secondary N) is 1. The van der Waals surface area contributed by atoms with Crippen molar-refractivity contribution in [2.45, 2.75) is 12.2 Å². The van der Waals surface area contributed by atoms with Gasteiger partial charge in [-0.25, -0.2) is 0 Å². The van der Waals surface area contributed by atoms with Crippen molar-refractivity contribution in [3.8, 4) is 0 Å². The maximum absolute atomic E-state index is 11.1. The third-order valence-corrected chi connectivity index (χ3v) is 3.89. The third kappa shape index (κ3) is 2.64. The number of H-pyrrole nitrogens is 1. The fourth-order valence-electron chi connectivity index (χ4n) is 1.77. The number of aromatic nitrogens is 1. The lowest BCUT2D eigenvalue weighted by atomic mass is 10.1. The second-order valence-corrected chi connectivity index (χ2v) is 5.15. The molecule has 0 saturated heterocycles. The minimum atomic E-state index is -0.179. The van der Waals surface area contributed by atoms with E-state index >= 15 is 0 Å². The van der Waals surface area contributed by atoms with E-state index in [2.05, 4.69) is 28.8 Å². The molecule has 3 nitrogen and oxygen atoms in total. The predicted octanol–water partition coefficient (Wildman–Crippen LogP) is 3.14. The smallest absolute Gasteiger partial charge is 0.315 e. The van der Waals surface area contributed by atoms with Crippen LogP contribution in [0.3, 0.4) is 0 Å². The van der Waals surface area contributed by atoms with E-state index in [1.165, 1.54) is 18.1 Å². The molecule has 4 heteroatoms. The highest BCUT2D eigenvalue weighted by atomic mass is 32.2. The molecule has 2 aromatic rings. The lowest BCUT2D eigenvalue weighted by molar-refractivity contribution is -0.137. The van der Waals surface area contributed by atoms with Gasteiger partial charge in [0, 0.05) is 22.3 Å². The SMILES string of the molecule is COC(=O)CSC(C)c1c[nH]c2ccccc12. The summed E-state index contributed by atoms with van der Waals surface area (Å²) in [5.74, 6) is 0.207. The van der Waals surface area contributed by atoms with Gasteiger partial charge in [-0.2, -0.15) is 0 Å². The average Bonchev–Trinajstić information content (AvgIpc) is 2.79. The summed E-state index contributed by atoms with van der Waals surface area (Å²) in [5, 5.41) is 1.49. The first kappa shape index (κ1) is 12.0. The van der Waals surface area contributed by atoms with E-state index < -0.39 is 0 Å². The van der Waals surface area contributed by atoms with Crippen LogP contribution in [0.25, 0.3) is 10.9 Å². The van der Waals surface area contributed by atoms with E-state index in [4.69, 9.17) is 0 Å². The molecule has 90 valence electrons. The highest BCUT2D eigenvalue weighted by molar-refractivity contribution is 8.00. The number of esters is 1. The van der Waals surface area contributed by atoms with Crippen molar-refractivity contribution in [1.29, 1.82) is 0 Å². The fourth-order valence-corrected chi connectivity index (χ4v) is 2.65. The van der Waals surface area contributed by atoms with Crippen molar-refractivity contribution in [3.63, 3.8) is 0 Å². The molecule has 1 aromatic carbocycles. The lowest BCUT2D eigenvalue weighted by Crippen LogP contribution is -2.04. The lowest BCUT2D eigenvalue weighted by Gasteiger charge is -2.09. The molecule has 17 heavy (non-hydrogen) atoms. The Morgan fingerprint density at radius 2 is 2.24 bits per heavy atom. The van der Waals surface area contributed by atoms with Crippen molar-refractivity contribution in [2.24, 2.45) is 0 Å². The Labute approximate surface area is 105 Å². The van der Waals surface area contributed by atoms with E-state index in [0.717, 1.165) is 5.52 Å². The molecule has 1 aromatic heterocycles. The summed E-state index contributed by atoms with van der Waals surface area (Å²) in [4.78, 5) is 14.3. The molecule has 0 amide bonds. The maximum atomic E-state index is 11.1. The van der Waals surface area contributed by atoms with Gasteiger partial charge in [-0.3, -0.25) is 4.79 Å². The standard InChI is InChI=1S/C13H15NO2S/c1-9(17-8-13(15)16-2)11-7-14-12-6-4-3-5-10(11)12/h3-7,9,14H,8H2,1-2H3. The summed E-state index contributed by atoms with van der Waals surface area (Å²) in [6.07, 6.45) is 2.01. The zero-order chi connectivity index (χ0) is 12.3. The maximum Gasteiger partial charge on any atom is 0.315 e. The van der Waals surface area contributed by atoms with E-state index in [1.54, 1.807) is 11.8 Å². The number of para-hydroxylation sites is 1. The second-order valence-electron chi connectivity index (χ2n) is 3.82. The van der Waals surface area contributed by atoms with Crippen LogP contribution < -0.4 is 0 Å². The van der Waals surface area contributed by atoms with Crippen LogP contribution in [0, 0.1) is 0 Å². The van der Waals surface area contributed by atoms with Gasteiger partial charge in [0.2, 0.25) is 0 Å². The summed E-state index contributed by atoms with van der Waals surface area (Å²) < 4.78 is 4.64. The summed E-state index contributed by atoms with van der Waals surface area (Å²) in [6, 6.07) is 8.18. The first-order valence-electron chi connectivity index (χ1n) is 5.47. The predicted molar refractivity (Wildman–Crippen MR) is 71.2 cm³/mol. The third-order valence-electron chi connectivity index (χ3n) is 2.74. The van der Waals surface area contributed by atoms with Crippen LogP contribution in [0.2, 0.25) is 0 Å². The molecule has 0 radical (unpaired) electrons. The van der Waals surface area contributed by atoms with Gasteiger partial charge in [0.05, 0.1) is 12.9 Å². The molecular weight excluding hydrogens is 234 g/mol. The number of hydrogen-bond acceptors (Lipinski definition) is 3. The second kappa shape index (κ2) is 5.27. The number of ether oxygens (including phenoxy) is 1. The van der Waals surface area contributed by atoms with Crippen LogP contribution in [0.5, 0.6) is 0 Å². The minimum absolute atomic E-state index is 0.179. The van der Waals surface area contributed by atoms with Crippen LogP contribution in [0.15, 0.2) is 30.5 Å². The van der Waals surface area contributed by atoms with E-state index in [-0.39, 0.29) is 11.2 Å². The molecule has 0 aliphatic carbocycles. The van der Waals surface area contributed by atoms with E-state index in [0.29, 0.717) is 5.75 Å². The van der Waals surface area contributed by atoms with Crippen molar-refractivity contribution < 1.29 is 9.53 Å². The molecule has 1 atom stereocenters. The van der Waals surface area contributed by atoms with Crippen molar-refractivity contribution >= 4 is 28.6 Å². The topological polar surface area (TPSA) is 42.1 Å². The molecule has 0 fully saturated rings. The van der Waals surface area contributed by atoms with Gasteiger partial charge in [-0.15, -0.1) is 11.8 Å². The molecule has 0 spiro atoms. The minimum Gasteiger partial charge on any atom is -0.468 e. The fraction of sp³-hybridized carbons (Fsp3) is 0.308. The average molecular weight is 249 g/mol. The van der Waals surface area contributed by atoms with Gasteiger partial charge in [-0.1, -0.05) is 18.2 Å². The number of thioether (sulfide) groups is 1. The summed E-state index contributed by atoms with van der Waals surface area (Å²) >= 11 is 1.59. The van der Waals surface area contributed by atoms with Crippen LogP contribution >= 0.6 is 11.8 Å². The molecular formula is C13H15NO2S. The number of methoxy groups -OCH3 is 1. The quantitative estimate of drug-likeness (QED) is 0.846. The van der Waals surface area contributed by atoms with Crippen LogP contribution in [0.4, 0.5) is 0 Å². The highest BCUT2D eigenvalue weighted by Gasteiger charge is 2.13. The molecule has 1 heterocycles. The Hall–Kier alpha value is -1.42. The Bertz CT molecular complexity index is 521. The molecule has 0 aliphatic heterocycles. The monoisotopic (exact) mass is 249 g/mol. The van der Waals surface area contributed by atoms with E-state index in [9.17, 15) is 4.79 Å². The first-order chi connectivity index (χ1) is 8.22. The van der Waals surface area contributed by atoms with Gasteiger partial charge in [0.15, 0.2) is 0 Å². The molecule has 1 unspecified atom stereocenters. The van der Waals surface area contributed by atoms with Crippen LogP contribution in [-0.4, -0.2) is 23.8 Å². The highest BCUT2D eigenvalue weighted by Crippen LogP contribution is 2.33. The Balaban J connectivity index is 2.13. The number of fused-ring (bicyclic) bond motifs is 1. The van der Waals surface area contributed by atoms with Gasteiger partial charge in [0.1, 0.15) is 0 Å². The molecule has 0 aliphatic rings. The first-order valence-corrected chi connectivity index (χ1v) is 6.51. The zero-order valence-electron chi connectivity index (χ0n) is 9.90. The van der Waals surface area contributed by atoms with Crippen molar-refractivity contribution in [3.05, 3.63) is 36.0 Å². The van der Waals surface area contributed by atoms with Crippen LogP contribution in [-0.2, 0) is 9.53 Å². The normalized spacial score (nSPS) is 12.6. The van der Waals surface area contributed by atoms with Crippen LogP contribution in [0.1, 0.15) is 17.7 Å². The summed E-state index contributed by atoms with van der Waals surface area (Å²) in [6.45, 7) is 2.10. The number of rotatable bonds is 4. The van der Waals surface area contributed by atoms with E-state index in [1.807, 2.05) is 18.3 Å². The van der Waals surface area contributed by atoms with Gasteiger partial charge >= 0.3 is 5.97 Å². The number of benzene rings is 1. The Morgan fingerprint density at radius 3 is 3.00 bits per heavy atom. The number of carbonyl (C=O) groups excluding carboxylic acids is 1.